The van der Waals surface area contributed by atoms with Crippen LogP contribution in [0.1, 0.15) is 26.3 Å². The standard InChI is InChI=1S/C64H46BNO/c1-64(2,3)47-32-33-56-60(40-47)67-61-39-46(53-30-18-15-27-50(53)43-23-11-6-12-24-43)38-59-62(61)65(56)57-37-45(52-29-17-14-26-49(52)42-21-9-5-10-22-42)36-55-54-35-44(31-34-58(54)66(59)63(55)57)51-28-16-13-25-48(51)41-19-7-4-8-20-41/h4-40H,1-3H3. The molecule has 3 heteroatoms. The summed E-state index contributed by atoms with van der Waals surface area (Å²) in [6, 6.07) is 82.7. The Morgan fingerprint density at radius 1 is 0.373 bits per heavy atom. The number of aromatic nitrogens is 1. The predicted octanol–water partition coefficient (Wildman–Crippen LogP) is 15.0. The molecule has 11 aromatic rings. The molecular formula is C64H46BNO. The Kier molecular flexibility index (Phi) is 8.92. The van der Waals surface area contributed by atoms with Crippen LogP contribution >= 0.6 is 0 Å². The van der Waals surface area contributed by atoms with Crippen molar-refractivity contribution in [3.8, 4) is 83.9 Å². The van der Waals surface area contributed by atoms with E-state index < -0.39 is 0 Å². The van der Waals surface area contributed by atoms with E-state index in [1.54, 1.807) is 0 Å². The molecule has 0 spiro atoms. The Bertz CT molecular complexity index is 3750. The van der Waals surface area contributed by atoms with Crippen LogP contribution in [0.2, 0.25) is 0 Å². The van der Waals surface area contributed by atoms with E-state index in [2.05, 4.69) is 250 Å². The van der Waals surface area contributed by atoms with Crippen molar-refractivity contribution < 1.29 is 4.74 Å². The van der Waals surface area contributed by atoms with Crippen LogP contribution in [-0.2, 0) is 5.41 Å². The normalized spacial score (nSPS) is 12.5. The van der Waals surface area contributed by atoms with E-state index in [4.69, 9.17) is 4.74 Å². The smallest absolute Gasteiger partial charge is 0.256 e. The van der Waals surface area contributed by atoms with E-state index in [9.17, 15) is 0 Å². The molecule has 0 atom stereocenters. The van der Waals surface area contributed by atoms with Crippen molar-refractivity contribution >= 4 is 44.9 Å². The Balaban J connectivity index is 1.14. The zero-order chi connectivity index (χ0) is 44.8. The van der Waals surface area contributed by atoms with Crippen molar-refractivity contribution in [2.24, 2.45) is 0 Å². The number of hydrogen-bond donors (Lipinski definition) is 0. The van der Waals surface area contributed by atoms with Crippen LogP contribution in [0.5, 0.6) is 11.5 Å². The third kappa shape index (κ3) is 6.33. The SMILES string of the molecule is CC(C)(C)c1ccc2c(c1)Oc1cc(-c3ccccc3-c3ccccc3)cc3c1B2c1cc(-c2ccccc2-c2ccccc2)cc2c4cc(-c5ccccc5-c5ccccc5)ccc4n-3c12. The lowest BCUT2D eigenvalue weighted by atomic mass is 9.34. The van der Waals surface area contributed by atoms with Gasteiger partial charge >= 0.3 is 0 Å². The number of rotatable bonds is 6. The molecule has 13 rings (SSSR count). The van der Waals surface area contributed by atoms with Gasteiger partial charge in [-0.2, -0.15) is 0 Å². The highest BCUT2D eigenvalue weighted by Gasteiger charge is 2.42. The second kappa shape index (κ2) is 15.2. The lowest BCUT2D eigenvalue weighted by molar-refractivity contribution is 0.483. The van der Waals surface area contributed by atoms with Gasteiger partial charge < -0.3 is 9.30 Å². The number of nitrogens with zero attached hydrogens (tertiary/aromatic N) is 1. The highest BCUT2D eigenvalue weighted by Crippen LogP contribution is 2.45. The third-order valence-electron chi connectivity index (χ3n) is 14.2. The minimum atomic E-state index is -0.0670. The summed E-state index contributed by atoms with van der Waals surface area (Å²) in [7, 11) is 0. The van der Waals surface area contributed by atoms with Gasteiger partial charge in [0.05, 0.1) is 5.52 Å². The van der Waals surface area contributed by atoms with Gasteiger partial charge in [-0.3, -0.25) is 0 Å². The van der Waals surface area contributed by atoms with Gasteiger partial charge in [-0.1, -0.05) is 209 Å². The zero-order valence-corrected chi connectivity index (χ0v) is 37.8. The molecule has 0 saturated carbocycles. The lowest BCUT2D eigenvalue weighted by Crippen LogP contribution is -2.58. The summed E-state index contributed by atoms with van der Waals surface area (Å²) in [6.45, 7) is 6.78. The third-order valence-corrected chi connectivity index (χ3v) is 14.2. The van der Waals surface area contributed by atoms with Crippen LogP contribution in [0.3, 0.4) is 0 Å². The highest BCUT2D eigenvalue weighted by molar-refractivity contribution is 6.99. The van der Waals surface area contributed by atoms with Crippen LogP contribution in [0.4, 0.5) is 0 Å². The summed E-state index contributed by atoms with van der Waals surface area (Å²) in [4.78, 5) is 0. The first kappa shape index (κ1) is 39.2. The first-order valence-electron chi connectivity index (χ1n) is 23.4. The molecule has 67 heavy (non-hydrogen) atoms. The summed E-state index contributed by atoms with van der Waals surface area (Å²) in [6.07, 6.45) is 0. The number of ether oxygens (including phenoxy) is 1. The quantitative estimate of drug-likeness (QED) is 0.152. The molecular weight excluding hydrogens is 810 g/mol. The van der Waals surface area contributed by atoms with E-state index in [0.717, 1.165) is 22.7 Å². The Hall–Kier alpha value is -8.14. The van der Waals surface area contributed by atoms with Crippen LogP contribution in [0.15, 0.2) is 224 Å². The summed E-state index contributed by atoms with van der Waals surface area (Å²) >= 11 is 0. The first-order chi connectivity index (χ1) is 32.9. The molecule has 316 valence electrons. The minimum Gasteiger partial charge on any atom is -0.458 e. The summed E-state index contributed by atoms with van der Waals surface area (Å²) in [5.41, 5.74) is 22.8. The van der Waals surface area contributed by atoms with E-state index in [0.29, 0.717) is 0 Å². The lowest BCUT2D eigenvalue weighted by Gasteiger charge is -2.35. The molecule has 2 aliphatic heterocycles. The molecule has 2 nitrogen and oxygen atoms in total. The fraction of sp³-hybridized carbons (Fsp3) is 0.0625. The average Bonchev–Trinajstić information content (AvgIpc) is 3.71. The maximum absolute atomic E-state index is 7.28. The number of hydrogen-bond acceptors (Lipinski definition) is 1. The molecule has 0 aliphatic carbocycles. The second-order valence-corrected chi connectivity index (χ2v) is 19.2. The monoisotopic (exact) mass is 855 g/mol. The fourth-order valence-corrected chi connectivity index (χ4v) is 11.0. The van der Waals surface area contributed by atoms with Crippen molar-refractivity contribution in [2.45, 2.75) is 26.2 Å². The van der Waals surface area contributed by atoms with Crippen LogP contribution in [-0.4, -0.2) is 11.3 Å². The fourth-order valence-electron chi connectivity index (χ4n) is 11.0. The largest absolute Gasteiger partial charge is 0.458 e. The van der Waals surface area contributed by atoms with E-state index in [1.165, 1.54) is 105 Å². The summed E-state index contributed by atoms with van der Waals surface area (Å²) in [5.74, 6) is 1.83. The van der Waals surface area contributed by atoms with Gasteiger partial charge in [-0.05, 0) is 131 Å². The molecule has 10 aromatic carbocycles. The van der Waals surface area contributed by atoms with Crippen LogP contribution in [0.25, 0.3) is 94.3 Å². The predicted molar refractivity (Wildman–Crippen MR) is 283 cm³/mol. The van der Waals surface area contributed by atoms with Gasteiger partial charge in [-0.25, -0.2) is 0 Å². The molecule has 1 aromatic heterocycles. The van der Waals surface area contributed by atoms with Gasteiger partial charge in [0.25, 0.3) is 6.71 Å². The Morgan fingerprint density at radius 2 is 0.851 bits per heavy atom. The second-order valence-electron chi connectivity index (χ2n) is 19.2. The molecule has 2 aliphatic rings. The average molecular weight is 856 g/mol. The van der Waals surface area contributed by atoms with Gasteiger partial charge in [0, 0.05) is 22.0 Å². The molecule has 0 saturated heterocycles. The van der Waals surface area contributed by atoms with Gasteiger partial charge in [-0.15, -0.1) is 0 Å². The van der Waals surface area contributed by atoms with Gasteiger partial charge in [0.1, 0.15) is 11.5 Å². The number of fused-ring (bicyclic) bond motifs is 7. The first-order valence-corrected chi connectivity index (χ1v) is 23.4. The zero-order valence-electron chi connectivity index (χ0n) is 37.8. The van der Waals surface area contributed by atoms with E-state index in [-0.39, 0.29) is 12.1 Å². The van der Waals surface area contributed by atoms with Gasteiger partial charge in [0.2, 0.25) is 0 Å². The van der Waals surface area contributed by atoms with Crippen molar-refractivity contribution in [1.29, 1.82) is 0 Å². The maximum Gasteiger partial charge on any atom is 0.256 e. The maximum atomic E-state index is 7.28. The molecule has 0 N–H and O–H groups in total. The minimum absolute atomic E-state index is 0.0511. The molecule has 0 fully saturated rings. The highest BCUT2D eigenvalue weighted by atomic mass is 16.5. The van der Waals surface area contributed by atoms with Gasteiger partial charge in [0.15, 0.2) is 0 Å². The molecule has 0 radical (unpaired) electrons. The molecule has 0 unspecified atom stereocenters. The molecule has 3 heterocycles. The van der Waals surface area contributed by atoms with Crippen molar-refractivity contribution in [2.75, 3.05) is 0 Å². The van der Waals surface area contributed by atoms with Crippen molar-refractivity contribution in [3.63, 3.8) is 0 Å². The van der Waals surface area contributed by atoms with E-state index >= 15 is 0 Å². The Labute approximate surface area is 392 Å². The number of benzene rings is 10. The molecule has 0 bridgehead atoms. The summed E-state index contributed by atoms with van der Waals surface area (Å²) in [5, 5.41) is 2.47. The Morgan fingerprint density at radius 3 is 1.39 bits per heavy atom. The molecule has 0 amide bonds. The summed E-state index contributed by atoms with van der Waals surface area (Å²) < 4.78 is 9.84. The van der Waals surface area contributed by atoms with Crippen molar-refractivity contribution in [1.82, 2.24) is 4.57 Å². The topological polar surface area (TPSA) is 14.2 Å². The van der Waals surface area contributed by atoms with Crippen molar-refractivity contribution in [3.05, 3.63) is 230 Å². The van der Waals surface area contributed by atoms with Crippen LogP contribution < -0.4 is 21.1 Å². The van der Waals surface area contributed by atoms with E-state index in [1.807, 2.05) is 0 Å². The van der Waals surface area contributed by atoms with Crippen LogP contribution in [0, 0.1) is 0 Å².